The first kappa shape index (κ1) is 15.6. The Labute approximate surface area is 121 Å². The predicted molar refractivity (Wildman–Crippen MR) is 70.5 cm³/mol. The molecule has 1 fully saturated rings. The Hall–Kier alpha value is -1.78. The van der Waals surface area contributed by atoms with Crippen LogP contribution in [-0.2, 0) is 0 Å². The highest BCUT2D eigenvalue weighted by Crippen LogP contribution is 2.26. The average Bonchev–Trinajstić information content (AvgIpc) is 2.69. The van der Waals surface area contributed by atoms with Crippen molar-refractivity contribution >= 4 is 0 Å². The number of halogens is 3. The molecule has 2 rings (SSSR count). The summed E-state index contributed by atoms with van der Waals surface area (Å²) in [5.74, 6) is -0.277. The van der Waals surface area contributed by atoms with Crippen LogP contribution in [0.25, 0.3) is 0 Å². The predicted octanol–water partition coefficient (Wildman–Crippen LogP) is 2.45. The van der Waals surface area contributed by atoms with Crippen LogP contribution in [0.1, 0.15) is 18.0 Å². The fourth-order valence-corrected chi connectivity index (χ4v) is 2.34. The molecule has 0 amide bonds. The number of benzene rings is 1. The molecule has 1 aromatic carbocycles. The Morgan fingerprint density at radius 3 is 2.52 bits per heavy atom. The standard InChI is InChI=1S/C14H16F3N3O/c15-14(16,17)21-12-4-2-11(3-5-12)13(10-18)20-8-1-6-19-7-9-20/h2-5,13,19H,1,6-9H2. The number of hydrogen-bond donors (Lipinski definition) is 1. The van der Waals surface area contributed by atoms with Crippen molar-refractivity contribution in [3.05, 3.63) is 29.8 Å². The molecule has 0 aromatic heterocycles. The number of hydrogen-bond acceptors (Lipinski definition) is 4. The Morgan fingerprint density at radius 2 is 1.90 bits per heavy atom. The normalized spacial score (nSPS) is 18.6. The van der Waals surface area contributed by atoms with E-state index in [1.807, 2.05) is 4.90 Å². The van der Waals surface area contributed by atoms with Crippen molar-refractivity contribution in [1.82, 2.24) is 10.2 Å². The van der Waals surface area contributed by atoms with E-state index in [0.29, 0.717) is 5.56 Å². The fourth-order valence-electron chi connectivity index (χ4n) is 2.34. The van der Waals surface area contributed by atoms with E-state index >= 15 is 0 Å². The maximum absolute atomic E-state index is 12.1. The molecule has 0 bridgehead atoms. The Balaban J connectivity index is 2.09. The van der Waals surface area contributed by atoms with Crippen molar-refractivity contribution in [2.24, 2.45) is 0 Å². The lowest BCUT2D eigenvalue weighted by Gasteiger charge is -2.25. The zero-order valence-electron chi connectivity index (χ0n) is 11.4. The van der Waals surface area contributed by atoms with Crippen molar-refractivity contribution in [3.63, 3.8) is 0 Å². The van der Waals surface area contributed by atoms with E-state index in [-0.39, 0.29) is 5.75 Å². The van der Waals surface area contributed by atoms with Crippen molar-refractivity contribution < 1.29 is 17.9 Å². The first-order valence-corrected chi connectivity index (χ1v) is 6.70. The molecule has 1 saturated heterocycles. The summed E-state index contributed by atoms with van der Waals surface area (Å²) in [6, 6.07) is 7.26. The van der Waals surface area contributed by atoms with Crippen molar-refractivity contribution in [2.75, 3.05) is 26.2 Å². The monoisotopic (exact) mass is 299 g/mol. The van der Waals surface area contributed by atoms with E-state index < -0.39 is 12.4 Å². The third kappa shape index (κ3) is 4.62. The number of alkyl halides is 3. The molecule has 4 nitrogen and oxygen atoms in total. The van der Waals surface area contributed by atoms with Crippen LogP contribution in [0.3, 0.4) is 0 Å². The second-order valence-electron chi connectivity index (χ2n) is 4.79. The summed E-state index contributed by atoms with van der Waals surface area (Å²) in [6.07, 6.45) is -3.76. The van der Waals surface area contributed by atoms with Gasteiger partial charge in [-0.1, -0.05) is 12.1 Å². The Kier molecular flexibility index (Phi) is 5.04. The number of nitrogens with zero attached hydrogens (tertiary/aromatic N) is 2. The second-order valence-corrected chi connectivity index (χ2v) is 4.79. The number of nitrogens with one attached hydrogen (secondary N) is 1. The molecular formula is C14H16F3N3O. The summed E-state index contributed by atoms with van der Waals surface area (Å²) in [5, 5.41) is 12.6. The summed E-state index contributed by atoms with van der Waals surface area (Å²) in [4.78, 5) is 2.03. The van der Waals surface area contributed by atoms with Crippen LogP contribution in [0, 0.1) is 11.3 Å². The van der Waals surface area contributed by atoms with Gasteiger partial charge in [-0.15, -0.1) is 13.2 Å². The lowest BCUT2D eigenvalue weighted by molar-refractivity contribution is -0.274. The van der Waals surface area contributed by atoms with Gasteiger partial charge in [0.15, 0.2) is 0 Å². The molecule has 0 spiro atoms. The minimum atomic E-state index is -4.70. The van der Waals surface area contributed by atoms with E-state index in [1.165, 1.54) is 24.3 Å². The SMILES string of the molecule is N#CC(c1ccc(OC(F)(F)F)cc1)N1CCCNCC1. The van der Waals surface area contributed by atoms with Gasteiger partial charge in [0.05, 0.1) is 6.07 Å². The average molecular weight is 299 g/mol. The van der Waals surface area contributed by atoms with Crippen molar-refractivity contribution in [3.8, 4) is 11.8 Å². The molecule has 0 saturated carbocycles. The van der Waals surface area contributed by atoms with E-state index in [9.17, 15) is 18.4 Å². The first-order chi connectivity index (χ1) is 9.99. The third-order valence-electron chi connectivity index (χ3n) is 3.29. The van der Waals surface area contributed by atoms with Gasteiger partial charge in [-0.2, -0.15) is 5.26 Å². The number of ether oxygens (including phenoxy) is 1. The van der Waals surface area contributed by atoms with Crippen LogP contribution in [0.5, 0.6) is 5.75 Å². The Bertz CT molecular complexity index is 488. The van der Waals surface area contributed by atoms with Gasteiger partial charge >= 0.3 is 6.36 Å². The topological polar surface area (TPSA) is 48.3 Å². The van der Waals surface area contributed by atoms with Gasteiger partial charge in [-0.05, 0) is 30.7 Å². The van der Waals surface area contributed by atoms with Crippen LogP contribution in [0.2, 0.25) is 0 Å². The molecule has 1 unspecified atom stereocenters. The lowest BCUT2D eigenvalue weighted by Crippen LogP contribution is -2.31. The van der Waals surface area contributed by atoms with E-state index in [0.717, 1.165) is 32.6 Å². The first-order valence-electron chi connectivity index (χ1n) is 6.70. The summed E-state index contributed by atoms with van der Waals surface area (Å²) < 4.78 is 40.2. The highest BCUT2D eigenvalue weighted by Gasteiger charge is 2.31. The zero-order valence-corrected chi connectivity index (χ0v) is 11.4. The largest absolute Gasteiger partial charge is 0.573 e. The molecule has 1 heterocycles. The molecule has 7 heteroatoms. The van der Waals surface area contributed by atoms with Gasteiger partial charge in [-0.3, -0.25) is 4.90 Å². The molecule has 1 aliphatic heterocycles. The summed E-state index contributed by atoms with van der Waals surface area (Å²) in [6.45, 7) is 3.23. The molecular weight excluding hydrogens is 283 g/mol. The van der Waals surface area contributed by atoms with Crippen molar-refractivity contribution in [1.29, 1.82) is 5.26 Å². The fraction of sp³-hybridized carbons (Fsp3) is 0.500. The third-order valence-corrected chi connectivity index (χ3v) is 3.29. The van der Waals surface area contributed by atoms with Crippen LogP contribution >= 0.6 is 0 Å². The molecule has 1 aliphatic rings. The van der Waals surface area contributed by atoms with E-state index in [1.54, 1.807) is 0 Å². The van der Waals surface area contributed by atoms with Crippen LogP contribution in [0.4, 0.5) is 13.2 Å². The van der Waals surface area contributed by atoms with E-state index in [4.69, 9.17) is 0 Å². The highest BCUT2D eigenvalue weighted by atomic mass is 19.4. The van der Waals surface area contributed by atoms with E-state index in [2.05, 4.69) is 16.1 Å². The van der Waals surface area contributed by atoms with Gasteiger partial charge < -0.3 is 10.1 Å². The Morgan fingerprint density at radius 1 is 1.19 bits per heavy atom. The maximum atomic E-state index is 12.1. The van der Waals surface area contributed by atoms with Gasteiger partial charge in [0, 0.05) is 19.6 Å². The number of nitriles is 1. The molecule has 21 heavy (non-hydrogen) atoms. The van der Waals surface area contributed by atoms with Gasteiger partial charge in [0.1, 0.15) is 11.8 Å². The zero-order chi connectivity index (χ0) is 15.3. The second kappa shape index (κ2) is 6.78. The van der Waals surface area contributed by atoms with Crippen LogP contribution in [0.15, 0.2) is 24.3 Å². The smallest absolute Gasteiger partial charge is 0.406 e. The molecule has 0 radical (unpaired) electrons. The van der Waals surface area contributed by atoms with Gasteiger partial charge in [0.25, 0.3) is 0 Å². The summed E-state index contributed by atoms with van der Waals surface area (Å²) in [7, 11) is 0. The highest BCUT2D eigenvalue weighted by molar-refractivity contribution is 5.31. The molecule has 1 atom stereocenters. The van der Waals surface area contributed by atoms with Gasteiger partial charge in [-0.25, -0.2) is 0 Å². The lowest BCUT2D eigenvalue weighted by atomic mass is 10.1. The van der Waals surface area contributed by atoms with Crippen LogP contribution in [-0.4, -0.2) is 37.4 Å². The van der Waals surface area contributed by atoms with Crippen LogP contribution < -0.4 is 10.1 Å². The van der Waals surface area contributed by atoms with Gasteiger partial charge in [0.2, 0.25) is 0 Å². The molecule has 114 valence electrons. The minimum absolute atomic E-state index is 0.277. The molecule has 0 aliphatic carbocycles. The number of rotatable bonds is 3. The maximum Gasteiger partial charge on any atom is 0.573 e. The van der Waals surface area contributed by atoms with Crippen molar-refractivity contribution in [2.45, 2.75) is 18.8 Å². The minimum Gasteiger partial charge on any atom is -0.406 e. The molecule has 1 aromatic rings. The molecule has 1 N–H and O–H groups in total. The summed E-state index contributed by atoms with van der Waals surface area (Å²) in [5.41, 5.74) is 0.675. The quantitative estimate of drug-likeness (QED) is 0.931. The summed E-state index contributed by atoms with van der Waals surface area (Å²) >= 11 is 0.